The normalized spacial score (nSPS) is 10.9. The number of rotatable bonds is 4. The summed E-state index contributed by atoms with van der Waals surface area (Å²) < 4.78 is 6.49. The first-order valence-corrected chi connectivity index (χ1v) is 6.60. The van der Waals surface area contributed by atoms with Crippen LogP contribution in [0.4, 0.5) is 4.79 Å². The van der Waals surface area contributed by atoms with Crippen LogP contribution in [0.3, 0.4) is 0 Å². The van der Waals surface area contributed by atoms with Gasteiger partial charge in [0.1, 0.15) is 12.4 Å². The molecule has 0 unspecified atom stereocenters. The molecule has 100 valence electrons. The van der Waals surface area contributed by atoms with Gasteiger partial charge in [-0.15, -0.1) is 0 Å². The molecule has 0 saturated carbocycles. The Morgan fingerprint density at radius 3 is 2.44 bits per heavy atom. The molecule has 0 heterocycles. The summed E-state index contributed by atoms with van der Waals surface area (Å²) in [5.74, 6) is 0.788. The van der Waals surface area contributed by atoms with Crippen molar-refractivity contribution in [1.82, 2.24) is 10.6 Å². The maximum Gasteiger partial charge on any atom is 0.315 e. The molecule has 0 spiro atoms. The number of halogens is 1. The highest BCUT2D eigenvalue weighted by Gasteiger charge is 2.12. The third-order valence-corrected chi connectivity index (χ3v) is 2.49. The lowest BCUT2D eigenvalue weighted by Gasteiger charge is -2.20. The van der Waals surface area contributed by atoms with Gasteiger partial charge in [0.05, 0.1) is 6.54 Å². The topological polar surface area (TPSA) is 50.4 Å². The fourth-order valence-electron chi connectivity index (χ4n) is 1.25. The number of hydrogen-bond donors (Lipinski definition) is 2. The first kappa shape index (κ1) is 14.8. The van der Waals surface area contributed by atoms with Crippen molar-refractivity contribution in [3.63, 3.8) is 0 Å². The lowest BCUT2D eigenvalue weighted by Crippen LogP contribution is -2.47. The standard InChI is InChI=1S/C13H19BrN2O2/c1-13(2,3)16-12(17)15-8-9-18-11-6-4-10(14)5-7-11/h4-7H,8-9H2,1-3H3,(H2,15,16,17). The lowest BCUT2D eigenvalue weighted by atomic mass is 10.1. The molecule has 4 nitrogen and oxygen atoms in total. The van der Waals surface area contributed by atoms with Gasteiger partial charge in [-0.2, -0.15) is 0 Å². The Labute approximate surface area is 116 Å². The van der Waals surface area contributed by atoms with Crippen LogP contribution in [0.15, 0.2) is 28.7 Å². The highest BCUT2D eigenvalue weighted by atomic mass is 79.9. The second-order valence-corrected chi connectivity index (χ2v) is 5.85. The molecule has 18 heavy (non-hydrogen) atoms. The van der Waals surface area contributed by atoms with Crippen molar-refractivity contribution in [2.45, 2.75) is 26.3 Å². The number of benzene rings is 1. The van der Waals surface area contributed by atoms with Crippen molar-refractivity contribution in [1.29, 1.82) is 0 Å². The van der Waals surface area contributed by atoms with Crippen LogP contribution in [-0.2, 0) is 0 Å². The molecule has 1 aromatic rings. The number of amides is 2. The monoisotopic (exact) mass is 314 g/mol. The van der Waals surface area contributed by atoms with Crippen LogP contribution in [0, 0.1) is 0 Å². The van der Waals surface area contributed by atoms with Crippen molar-refractivity contribution in [2.75, 3.05) is 13.2 Å². The fourth-order valence-corrected chi connectivity index (χ4v) is 1.51. The van der Waals surface area contributed by atoms with Crippen molar-refractivity contribution < 1.29 is 9.53 Å². The van der Waals surface area contributed by atoms with E-state index < -0.39 is 0 Å². The van der Waals surface area contributed by atoms with Gasteiger partial charge in [-0.1, -0.05) is 15.9 Å². The summed E-state index contributed by atoms with van der Waals surface area (Å²) in [6.07, 6.45) is 0. The summed E-state index contributed by atoms with van der Waals surface area (Å²) >= 11 is 3.35. The highest BCUT2D eigenvalue weighted by Crippen LogP contribution is 2.15. The maximum absolute atomic E-state index is 11.4. The summed E-state index contributed by atoms with van der Waals surface area (Å²) in [7, 11) is 0. The number of urea groups is 1. The Balaban J connectivity index is 2.19. The van der Waals surface area contributed by atoms with Gasteiger partial charge in [-0.05, 0) is 45.0 Å². The van der Waals surface area contributed by atoms with E-state index in [1.807, 2.05) is 45.0 Å². The van der Waals surface area contributed by atoms with E-state index in [2.05, 4.69) is 26.6 Å². The van der Waals surface area contributed by atoms with Gasteiger partial charge in [-0.3, -0.25) is 0 Å². The van der Waals surface area contributed by atoms with Crippen LogP contribution in [0.1, 0.15) is 20.8 Å². The summed E-state index contributed by atoms with van der Waals surface area (Å²) in [5, 5.41) is 5.55. The van der Waals surface area contributed by atoms with E-state index in [1.54, 1.807) is 0 Å². The zero-order valence-corrected chi connectivity index (χ0v) is 12.5. The molecule has 0 radical (unpaired) electrons. The molecule has 0 bridgehead atoms. The molecule has 5 heteroatoms. The second kappa shape index (κ2) is 6.64. The molecular weight excluding hydrogens is 296 g/mol. The summed E-state index contributed by atoms with van der Waals surface area (Å²) in [4.78, 5) is 11.4. The number of carbonyl (C=O) groups excluding carboxylic acids is 1. The lowest BCUT2D eigenvalue weighted by molar-refractivity contribution is 0.228. The molecule has 2 amide bonds. The minimum atomic E-state index is -0.226. The molecular formula is C13H19BrN2O2. The molecule has 0 aliphatic rings. The molecule has 0 atom stereocenters. The smallest absolute Gasteiger partial charge is 0.315 e. The third kappa shape index (κ3) is 6.49. The van der Waals surface area contributed by atoms with Gasteiger partial charge < -0.3 is 15.4 Å². The van der Waals surface area contributed by atoms with Gasteiger partial charge >= 0.3 is 6.03 Å². The minimum absolute atomic E-state index is 0.179. The third-order valence-electron chi connectivity index (χ3n) is 1.96. The number of hydrogen-bond acceptors (Lipinski definition) is 2. The zero-order chi connectivity index (χ0) is 13.6. The van der Waals surface area contributed by atoms with Crippen LogP contribution >= 0.6 is 15.9 Å². The summed E-state index contributed by atoms with van der Waals surface area (Å²) in [6.45, 7) is 6.72. The Kier molecular flexibility index (Phi) is 5.47. The Morgan fingerprint density at radius 2 is 1.89 bits per heavy atom. The average Bonchev–Trinajstić information content (AvgIpc) is 2.24. The van der Waals surface area contributed by atoms with Gasteiger partial charge in [0.2, 0.25) is 0 Å². The molecule has 0 aliphatic heterocycles. The van der Waals surface area contributed by atoms with E-state index in [4.69, 9.17) is 4.74 Å². The van der Waals surface area contributed by atoms with Crippen molar-refractivity contribution >= 4 is 22.0 Å². The molecule has 0 aliphatic carbocycles. The van der Waals surface area contributed by atoms with Crippen LogP contribution in [0.2, 0.25) is 0 Å². The van der Waals surface area contributed by atoms with E-state index in [-0.39, 0.29) is 11.6 Å². The maximum atomic E-state index is 11.4. The fraction of sp³-hybridized carbons (Fsp3) is 0.462. The van der Waals surface area contributed by atoms with E-state index >= 15 is 0 Å². The molecule has 0 fully saturated rings. The van der Waals surface area contributed by atoms with Gasteiger partial charge in [0.15, 0.2) is 0 Å². The number of carbonyl (C=O) groups is 1. The van der Waals surface area contributed by atoms with Crippen LogP contribution in [0.25, 0.3) is 0 Å². The first-order chi connectivity index (χ1) is 8.37. The Bertz CT molecular complexity index is 385. The average molecular weight is 315 g/mol. The first-order valence-electron chi connectivity index (χ1n) is 5.81. The Morgan fingerprint density at radius 1 is 1.28 bits per heavy atom. The van der Waals surface area contributed by atoms with Gasteiger partial charge in [-0.25, -0.2) is 4.79 Å². The number of nitrogens with one attached hydrogen (secondary N) is 2. The zero-order valence-electron chi connectivity index (χ0n) is 10.9. The van der Waals surface area contributed by atoms with Crippen molar-refractivity contribution in [2.24, 2.45) is 0 Å². The van der Waals surface area contributed by atoms with Gasteiger partial charge in [0, 0.05) is 10.0 Å². The quantitative estimate of drug-likeness (QED) is 0.840. The van der Waals surface area contributed by atoms with E-state index in [1.165, 1.54) is 0 Å². The predicted octanol–water partition coefficient (Wildman–Crippen LogP) is 2.93. The summed E-state index contributed by atoms with van der Waals surface area (Å²) in [6, 6.07) is 7.39. The number of ether oxygens (including phenoxy) is 1. The molecule has 1 aromatic carbocycles. The molecule has 0 aromatic heterocycles. The van der Waals surface area contributed by atoms with Crippen LogP contribution in [-0.4, -0.2) is 24.7 Å². The van der Waals surface area contributed by atoms with E-state index in [0.29, 0.717) is 13.2 Å². The van der Waals surface area contributed by atoms with Gasteiger partial charge in [0.25, 0.3) is 0 Å². The highest BCUT2D eigenvalue weighted by molar-refractivity contribution is 9.10. The second-order valence-electron chi connectivity index (χ2n) is 4.93. The van der Waals surface area contributed by atoms with Crippen molar-refractivity contribution in [3.05, 3.63) is 28.7 Å². The summed E-state index contributed by atoms with van der Waals surface area (Å²) in [5.41, 5.74) is -0.226. The predicted molar refractivity (Wildman–Crippen MR) is 75.9 cm³/mol. The largest absolute Gasteiger partial charge is 0.492 e. The molecule has 0 saturated heterocycles. The molecule has 2 N–H and O–H groups in total. The SMILES string of the molecule is CC(C)(C)NC(=O)NCCOc1ccc(Br)cc1. The van der Waals surface area contributed by atoms with Crippen LogP contribution < -0.4 is 15.4 Å². The Hall–Kier alpha value is -1.23. The van der Waals surface area contributed by atoms with E-state index in [0.717, 1.165) is 10.2 Å². The minimum Gasteiger partial charge on any atom is -0.492 e. The van der Waals surface area contributed by atoms with Crippen LogP contribution in [0.5, 0.6) is 5.75 Å². The molecule has 1 rings (SSSR count). The van der Waals surface area contributed by atoms with Crippen molar-refractivity contribution in [3.8, 4) is 5.75 Å². The van der Waals surface area contributed by atoms with E-state index in [9.17, 15) is 4.79 Å².